The molecule has 0 saturated carbocycles. The first kappa shape index (κ1) is 21.0. The number of aryl methyl sites for hydroxylation is 1. The molecule has 0 aliphatic rings. The minimum Gasteiger partial charge on any atom is -1.00 e. The normalized spacial score (nSPS) is 10.1. The number of benzene rings is 1. The van der Waals surface area contributed by atoms with Crippen molar-refractivity contribution < 1.29 is 35.9 Å². The monoisotopic (exact) mass is 404 g/mol. The first-order valence-corrected chi connectivity index (χ1v) is 8.24. The minimum absolute atomic E-state index is 0. The van der Waals surface area contributed by atoms with Gasteiger partial charge >= 0.3 is 12.2 Å². The number of nitrogens with zero attached hydrogens (tertiary/aromatic N) is 3. The van der Waals surface area contributed by atoms with E-state index in [0.717, 1.165) is 16.9 Å². The van der Waals surface area contributed by atoms with Crippen LogP contribution in [0.4, 0.5) is 15.3 Å². The lowest BCUT2D eigenvalue weighted by atomic mass is 10.1. The average molecular weight is 405 g/mol. The van der Waals surface area contributed by atoms with Crippen LogP contribution < -0.4 is 26.9 Å². The zero-order valence-corrected chi connectivity index (χ0v) is 16.7. The van der Waals surface area contributed by atoms with Gasteiger partial charge in [0.15, 0.2) is 5.69 Å². The molecule has 0 aliphatic carbocycles. The summed E-state index contributed by atoms with van der Waals surface area (Å²) in [6, 6.07) is 11.0. The van der Waals surface area contributed by atoms with E-state index in [0.29, 0.717) is 11.4 Å². The number of rotatable bonds is 3. The molecule has 2 aromatic heterocycles. The lowest BCUT2D eigenvalue weighted by molar-refractivity contribution is -0.509. The van der Waals surface area contributed by atoms with Crippen LogP contribution in [0.3, 0.4) is 0 Å². The van der Waals surface area contributed by atoms with Crippen LogP contribution >= 0.6 is 0 Å². The van der Waals surface area contributed by atoms with E-state index in [2.05, 4.69) is 10.1 Å². The second-order valence-corrected chi connectivity index (χ2v) is 6.16. The maximum absolute atomic E-state index is 11.6. The maximum Gasteiger partial charge on any atom is 0.414 e. The van der Waals surface area contributed by atoms with Gasteiger partial charge in [-0.05, 0) is 30.3 Å². The first-order chi connectivity index (χ1) is 12.9. The molecule has 148 valence electrons. The van der Waals surface area contributed by atoms with Gasteiger partial charge in [0.1, 0.15) is 18.1 Å². The number of amides is 2. The predicted molar refractivity (Wildman–Crippen MR) is 99.7 cm³/mol. The van der Waals surface area contributed by atoms with Crippen LogP contribution in [0.2, 0.25) is 0 Å². The maximum atomic E-state index is 11.6. The zero-order chi connectivity index (χ0) is 19.6. The first-order valence-electron chi connectivity index (χ1n) is 8.24. The van der Waals surface area contributed by atoms with E-state index in [1.165, 1.54) is 12.0 Å². The van der Waals surface area contributed by atoms with Gasteiger partial charge in [-0.1, -0.05) is 0 Å². The van der Waals surface area contributed by atoms with E-state index >= 15 is 0 Å². The molecule has 1 aromatic carbocycles. The SMILES string of the molecule is COC(=O)Nc1ccc2n(C)c(-c3ccc(OC(=O)N(C)C)cc3)c[n+]2c1.[Cl-]. The Morgan fingerprint density at radius 2 is 1.75 bits per heavy atom. The number of hydrogen-bond donors (Lipinski definition) is 1. The molecule has 0 radical (unpaired) electrons. The number of pyridine rings is 1. The molecule has 2 amide bonds. The van der Waals surface area contributed by atoms with E-state index in [-0.39, 0.29) is 12.4 Å². The van der Waals surface area contributed by atoms with E-state index < -0.39 is 12.2 Å². The quantitative estimate of drug-likeness (QED) is 0.607. The summed E-state index contributed by atoms with van der Waals surface area (Å²) >= 11 is 0. The summed E-state index contributed by atoms with van der Waals surface area (Å²) in [6.45, 7) is 0. The molecular weight excluding hydrogens is 384 g/mol. The fraction of sp³-hybridized carbons (Fsp3) is 0.211. The summed E-state index contributed by atoms with van der Waals surface area (Å²) in [7, 11) is 6.54. The molecule has 1 N–H and O–H groups in total. The number of anilines is 1. The van der Waals surface area contributed by atoms with Gasteiger partial charge in [0.2, 0.25) is 0 Å². The van der Waals surface area contributed by atoms with Crippen molar-refractivity contribution in [3.8, 4) is 17.0 Å². The summed E-state index contributed by atoms with van der Waals surface area (Å²) in [5.41, 5.74) is 3.51. The van der Waals surface area contributed by atoms with Gasteiger partial charge in [-0.2, -0.15) is 0 Å². The van der Waals surface area contributed by atoms with E-state index in [9.17, 15) is 9.59 Å². The smallest absolute Gasteiger partial charge is 0.414 e. The van der Waals surface area contributed by atoms with Crippen molar-refractivity contribution in [1.29, 1.82) is 0 Å². The Morgan fingerprint density at radius 3 is 2.36 bits per heavy atom. The van der Waals surface area contributed by atoms with Gasteiger partial charge in [0.05, 0.1) is 19.8 Å². The lowest BCUT2D eigenvalue weighted by Crippen LogP contribution is -3.00. The van der Waals surface area contributed by atoms with Crippen LogP contribution in [0.1, 0.15) is 0 Å². The number of carbonyl (C=O) groups excluding carboxylic acids is 2. The Balaban J connectivity index is 0.00000280. The number of aromatic nitrogens is 2. The number of ether oxygens (including phenoxy) is 2. The van der Waals surface area contributed by atoms with Crippen LogP contribution in [0.25, 0.3) is 16.9 Å². The third-order valence-electron chi connectivity index (χ3n) is 4.07. The molecule has 9 heteroatoms. The van der Waals surface area contributed by atoms with Gasteiger partial charge in [-0.25, -0.2) is 18.6 Å². The fourth-order valence-electron chi connectivity index (χ4n) is 2.64. The Morgan fingerprint density at radius 1 is 1.07 bits per heavy atom. The predicted octanol–water partition coefficient (Wildman–Crippen LogP) is -0.326. The molecule has 0 spiro atoms. The highest BCUT2D eigenvalue weighted by Crippen LogP contribution is 2.23. The number of carbonyl (C=O) groups is 2. The molecule has 3 rings (SSSR count). The van der Waals surface area contributed by atoms with Gasteiger partial charge in [0.25, 0.3) is 5.65 Å². The Hall–Kier alpha value is -3.26. The second kappa shape index (κ2) is 8.62. The summed E-state index contributed by atoms with van der Waals surface area (Å²) in [5.74, 6) is 0.480. The molecule has 28 heavy (non-hydrogen) atoms. The van der Waals surface area contributed by atoms with Crippen molar-refractivity contribution in [2.24, 2.45) is 7.05 Å². The minimum atomic E-state index is -0.519. The van der Waals surface area contributed by atoms with Crippen molar-refractivity contribution >= 4 is 23.5 Å². The highest BCUT2D eigenvalue weighted by molar-refractivity contribution is 5.84. The lowest BCUT2D eigenvalue weighted by Gasteiger charge is -2.10. The standard InChI is InChI=1S/C19H20N4O4.ClH/c1-21(2)19(25)27-15-8-5-13(6-9-15)16-12-23-11-14(20-18(24)26-4)7-10-17(23)22(16)3;/h5-12H,1-4H3;1H. The molecule has 0 fully saturated rings. The molecular formula is C19H21ClN4O4. The van der Waals surface area contributed by atoms with Gasteiger partial charge < -0.3 is 26.8 Å². The van der Waals surface area contributed by atoms with Crippen LogP contribution in [0.15, 0.2) is 48.8 Å². The summed E-state index contributed by atoms with van der Waals surface area (Å²) < 4.78 is 13.8. The van der Waals surface area contributed by atoms with Crippen molar-refractivity contribution in [3.05, 3.63) is 48.8 Å². The molecule has 3 aromatic rings. The van der Waals surface area contributed by atoms with E-state index in [1.54, 1.807) is 32.3 Å². The topological polar surface area (TPSA) is 76.9 Å². The average Bonchev–Trinajstić information content (AvgIpc) is 2.98. The van der Waals surface area contributed by atoms with Crippen molar-refractivity contribution in [1.82, 2.24) is 9.47 Å². The van der Waals surface area contributed by atoms with Crippen LogP contribution in [0.5, 0.6) is 5.75 Å². The molecule has 0 bridgehead atoms. The number of methoxy groups -OCH3 is 1. The van der Waals surface area contributed by atoms with E-state index in [4.69, 9.17) is 4.74 Å². The number of imidazole rings is 1. The van der Waals surface area contributed by atoms with Crippen molar-refractivity contribution in [2.75, 3.05) is 26.5 Å². The van der Waals surface area contributed by atoms with Crippen LogP contribution in [-0.4, -0.2) is 42.9 Å². The largest absolute Gasteiger partial charge is 1.00 e. The Kier molecular flexibility index (Phi) is 6.48. The summed E-state index contributed by atoms with van der Waals surface area (Å²) in [4.78, 5) is 24.4. The van der Waals surface area contributed by atoms with E-state index in [1.807, 2.05) is 46.6 Å². The fourth-order valence-corrected chi connectivity index (χ4v) is 2.64. The van der Waals surface area contributed by atoms with Crippen molar-refractivity contribution in [2.45, 2.75) is 0 Å². The highest BCUT2D eigenvalue weighted by atomic mass is 35.5. The second-order valence-electron chi connectivity index (χ2n) is 6.16. The van der Waals surface area contributed by atoms with Crippen LogP contribution in [-0.2, 0) is 11.8 Å². The number of nitrogens with one attached hydrogen (secondary N) is 1. The molecule has 8 nitrogen and oxygen atoms in total. The van der Waals surface area contributed by atoms with Gasteiger partial charge in [-0.15, -0.1) is 0 Å². The summed E-state index contributed by atoms with van der Waals surface area (Å²) in [5, 5.41) is 2.64. The Labute approximate surface area is 168 Å². The number of hydrogen-bond acceptors (Lipinski definition) is 4. The van der Waals surface area contributed by atoms with Gasteiger partial charge in [-0.3, -0.25) is 5.32 Å². The molecule has 0 atom stereocenters. The molecule has 0 unspecified atom stereocenters. The Bertz CT molecular complexity index is 999. The molecule has 0 aliphatic heterocycles. The van der Waals surface area contributed by atoms with Crippen molar-refractivity contribution in [3.63, 3.8) is 0 Å². The highest BCUT2D eigenvalue weighted by Gasteiger charge is 2.17. The zero-order valence-electron chi connectivity index (χ0n) is 16.0. The van der Waals surface area contributed by atoms with Gasteiger partial charge in [0, 0.05) is 25.7 Å². The molecule has 0 saturated heterocycles. The molecule has 2 heterocycles. The third kappa shape index (κ3) is 4.34. The van der Waals surface area contributed by atoms with Crippen LogP contribution in [0, 0.1) is 0 Å². The third-order valence-corrected chi connectivity index (χ3v) is 4.07. The number of fused-ring (bicyclic) bond motifs is 1. The summed E-state index contributed by atoms with van der Waals surface area (Å²) in [6.07, 6.45) is 2.82. The number of halogens is 1.